The summed E-state index contributed by atoms with van der Waals surface area (Å²) in [6.07, 6.45) is -1.46. The standard InChI is InChI=1S/C25H27BrN2O9/c1-14-6-16(11-29)22(17(7-14)12-30)37-25(34)28(3)5-4-27(2)24(33)35-13-18-8-15-9-19(26)20(31)10-21(15)36-23(18)32/h6-10,29-31H,4-5,11-13H2,1-3H3. The van der Waals surface area contributed by atoms with Crippen LogP contribution in [-0.4, -0.2) is 64.5 Å². The van der Waals surface area contributed by atoms with Gasteiger partial charge in [-0.2, -0.15) is 0 Å². The van der Waals surface area contributed by atoms with E-state index in [2.05, 4.69) is 15.9 Å². The molecule has 2 amide bonds. The lowest BCUT2D eigenvalue weighted by atomic mass is 10.1. The van der Waals surface area contributed by atoms with E-state index in [9.17, 15) is 29.7 Å². The number of phenols is 1. The second-order valence-electron chi connectivity index (χ2n) is 8.39. The zero-order chi connectivity index (χ0) is 27.3. The molecular weight excluding hydrogens is 552 g/mol. The normalized spacial score (nSPS) is 10.9. The minimum atomic E-state index is -0.735. The number of aliphatic hydroxyl groups is 2. The van der Waals surface area contributed by atoms with Gasteiger partial charge in [-0.15, -0.1) is 0 Å². The molecule has 0 bridgehead atoms. The average Bonchev–Trinajstić information content (AvgIpc) is 2.87. The van der Waals surface area contributed by atoms with Gasteiger partial charge in [-0.1, -0.05) is 17.7 Å². The molecule has 11 nitrogen and oxygen atoms in total. The highest BCUT2D eigenvalue weighted by Gasteiger charge is 2.19. The Labute approximate surface area is 220 Å². The number of aryl methyl sites for hydroxylation is 1. The van der Waals surface area contributed by atoms with Crippen LogP contribution in [0.5, 0.6) is 11.5 Å². The maximum atomic E-state index is 12.6. The number of fused-ring (bicyclic) bond motifs is 1. The summed E-state index contributed by atoms with van der Waals surface area (Å²) in [4.78, 5) is 39.6. The van der Waals surface area contributed by atoms with Gasteiger partial charge >= 0.3 is 17.8 Å². The van der Waals surface area contributed by atoms with E-state index < -0.39 is 17.8 Å². The number of nitrogens with zero attached hydrogens (tertiary/aromatic N) is 2. The Kier molecular flexibility index (Phi) is 9.14. The minimum absolute atomic E-state index is 0.0770. The van der Waals surface area contributed by atoms with Crippen molar-refractivity contribution in [3.05, 3.63) is 67.5 Å². The van der Waals surface area contributed by atoms with Crippen LogP contribution in [0.2, 0.25) is 0 Å². The predicted octanol–water partition coefficient (Wildman–Crippen LogP) is 3.25. The van der Waals surface area contributed by atoms with E-state index in [-0.39, 0.29) is 55.6 Å². The number of aliphatic hydroxyl groups excluding tert-OH is 2. The van der Waals surface area contributed by atoms with Crippen molar-refractivity contribution in [2.45, 2.75) is 26.7 Å². The first-order valence-electron chi connectivity index (χ1n) is 11.1. The van der Waals surface area contributed by atoms with E-state index in [1.54, 1.807) is 25.1 Å². The van der Waals surface area contributed by atoms with Gasteiger partial charge in [0.05, 0.1) is 23.2 Å². The van der Waals surface area contributed by atoms with Crippen LogP contribution >= 0.6 is 15.9 Å². The van der Waals surface area contributed by atoms with Crippen molar-refractivity contribution >= 4 is 39.1 Å². The Morgan fingerprint density at radius 1 is 0.946 bits per heavy atom. The molecule has 0 saturated heterocycles. The molecule has 1 heterocycles. The number of benzene rings is 2. The molecule has 3 rings (SSSR count). The summed E-state index contributed by atoms with van der Waals surface area (Å²) in [5.74, 6) is 0.0171. The third kappa shape index (κ3) is 6.79. The molecule has 0 atom stereocenters. The zero-order valence-corrected chi connectivity index (χ0v) is 22.1. The highest BCUT2D eigenvalue weighted by molar-refractivity contribution is 9.10. The van der Waals surface area contributed by atoms with E-state index >= 15 is 0 Å². The van der Waals surface area contributed by atoms with Crippen LogP contribution in [0.15, 0.2) is 44.0 Å². The lowest BCUT2D eigenvalue weighted by molar-refractivity contribution is 0.0994. The number of likely N-dealkylation sites (N-methyl/N-ethyl adjacent to an activating group) is 2. The van der Waals surface area contributed by atoms with Crippen molar-refractivity contribution < 1.29 is 38.8 Å². The Morgan fingerprint density at radius 3 is 2.14 bits per heavy atom. The van der Waals surface area contributed by atoms with Gasteiger partial charge in [-0.25, -0.2) is 14.4 Å². The van der Waals surface area contributed by atoms with Gasteiger partial charge in [-0.3, -0.25) is 0 Å². The van der Waals surface area contributed by atoms with E-state index in [1.165, 1.54) is 36.0 Å². The Balaban J connectivity index is 1.56. The summed E-state index contributed by atoms with van der Waals surface area (Å²) < 4.78 is 16.2. The van der Waals surface area contributed by atoms with Crippen LogP contribution < -0.4 is 10.4 Å². The van der Waals surface area contributed by atoms with Gasteiger partial charge in [0, 0.05) is 49.8 Å². The molecule has 0 fully saturated rings. The lowest BCUT2D eigenvalue weighted by Gasteiger charge is -2.22. The van der Waals surface area contributed by atoms with Crippen molar-refractivity contribution in [2.24, 2.45) is 0 Å². The fourth-order valence-corrected chi connectivity index (χ4v) is 3.83. The van der Waals surface area contributed by atoms with Crippen molar-refractivity contribution in [2.75, 3.05) is 27.2 Å². The molecular formula is C25H27BrN2O9. The van der Waals surface area contributed by atoms with Crippen LogP contribution in [0.25, 0.3) is 11.0 Å². The monoisotopic (exact) mass is 578 g/mol. The first kappa shape index (κ1) is 28.0. The van der Waals surface area contributed by atoms with Gasteiger partial charge in [0.1, 0.15) is 23.7 Å². The van der Waals surface area contributed by atoms with Gasteiger partial charge in [0.15, 0.2) is 0 Å². The van der Waals surface area contributed by atoms with E-state index in [1.807, 2.05) is 0 Å². The molecule has 0 spiro atoms. The molecule has 0 unspecified atom stereocenters. The number of halogens is 1. The number of carbonyl (C=O) groups is 2. The SMILES string of the molecule is Cc1cc(CO)c(OC(=O)N(C)CCN(C)C(=O)OCc2cc3cc(Br)c(O)cc3oc2=O)c(CO)c1. The van der Waals surface area contributed by atoms with Crippen LogP contribution in [-0.2, 0) is 24.6 Å². The molecule has 37 heavy (non-hydrogen) atoms. The number of carbonyl (C=O) groups excluding carboxylic acids is 2. The second kappa shape index (κ2) is 12.1. The highest BCUT2D eigenvalue weighted by Crippen LogP contribution is 2.29. The zero-order valence-electron chi connectivity index (χ0n) is 20.5. The molecule has 0 aliphatic heterocycles. The number of ether oxygens (including phenoxy) is 2. The van der Waals surface area contributed by atoms with Crippen molar-refractivity contribution in [3.8, 4) is 11.5 Å². The van der Waals surface area contributed by atoms with Crippen LogP contribution in [0.1, 0.15) is 22.3 Å². The quantitative estimate of drug-likeness (QED) is 0.342. The molecule has 198 valence electrons. The van der Waals surface area contributed by atoms with E-state index in [0.717, 1.165) is 5.56 Å². The van der Waals surface area contributed by atoms with Crippen LogP contribution in [0.4, 0.5) is 9.59 Å². The van der Waals surface area contributed by atoms with Gasteiger partial charge < -0.3 is 39.0 Å². The van der Waals surface area contributed by atoms with Crippen molar-refractivity contribution in [3.63, 3.8) is 0 Å². The average molecular weight is 579 g/mol. The second-order valence-corrected chi connectivity index (χ2v) is 9.25. The Hall–Kier alpha value is -3.61. The van der Waals surface area contributed by atoms with Crippen LogP contribution in [0, 0.1) is 6.92 Å². The number of aromatic hydroxyl groups is 1. The molecule has 0 saturated carbocycles. The molecule has 2 aromatic carbocycles. The van der Waals surface area contributed by atoms with Crippen LogP contribution in [0.3, 0.4) is 0 Å². The number of amides is 2. The summed E-state index contributed by atoms with van der Waals surface area (Å²) in [6.45, 7) is 0.905. The maximum Gasteiger partial charge on any atom is 0.415 e. The van der Waals surface area contributed by atoms with Gasteiger partial charge in [0.25, 0.3) is 0 Å². The van der Waals surface area contributed by atoms with E-state index in [4.69, 9.17) is 13.9 Å². The number of rotatable bonds is 8. The summed E-state index contributed by atoms with van der Waals surface area (Å²) in [7, 11) is 2.95. The van der Waals surface area contributed by atoms with Gasteiger partial charge in [-0.05, 0) is 35.0 Å². The number of hydrogen-bond donors (Lipinski definition) is 3. The predicted molar refractivity (Wildman–Crippen MR) is 136 cm³/mol. The fourth-order valence-electron chi connectivity index (χ4n) is 3.46. The fraction of sp³-hybridized carbons (Fsp3) is 0.320. The molecule has 12 heteroatoms. The largest absolute Gasteiger partial charge is 0.507 e. The van der Waals surface area contributed by atoms with E-state index in [0.29, 0.717) is 21.0 Å². The molecule has 3 aromatic rings. The summed E-state index contributed by atoms with van der Waals surface area (Å²) >= 11 is 3.19. The Morgan fingerprint density at radius 2 is 1.54 bits per heavy atom. The highest BCUT2D eigenvalue weighted by atomic mass is 79.9. The lowest BCUT2D eigenvalue weighted by Crippen LogP contribution is -2.39. The molecule has 3 N–H and O–H groups in total. The first-order valence-corrected chi connectivity index (χ1v) is 11.9. The topological polar surface area (TPSA) is 150 Å². The smallest absolute Gasteiger partial charge is 0.415 e. The number of phenolic OH excluding ortho intramolecular Hbond substituents is 1. The third-order valence-corrected chi connectivity index (χ3v) is 6.17. The minimum Gasteiger partial charge on any atom is -0.507 e. The third-order valence-electron chi connectivity index (χ3n) is 5.54. The first-order chi connectivity index (χ1) is 17.5. The molecule has 0 aliphatic rings. The summed E-state index contributed by atoms with van der Waals surface area (Å²) in [5, 5.41) is 29.5. The number of hydrogen-bond acceptors (Lipinski definition) is 9. The Bertz CT molecular complexity index is 1350. The molecule has 0 radical (unpaired) electrons. The summed E-state index contributed by atoms with van der Waals surface area (Å²) in [6, 6.07) is 7.70. The van der Waals surface area contributed by atoms with Gasteiger partial charge in [0.2, 0.25) is 0 Å². The van der Waals surface area contributed by atoms with Crippen molar-refractivity contribution in [1.82, 2.24) is 9.80 Å². The summed E-state index contributed by atoms with van der Waals surface area (Å²) in [5.41, 5.74) is 1.14. The molecule has 0 aliphatic carbocycles. The van der Waals surface area contributed by atoms with Crippen molar-refractivity contribution in [1.29, 1.82) is 0 Å². The maximum absolute atomic E-state index is 12.6. The molecule has 1 aromatic heterocycles.